The number of nitrogens with two attached hydrogens (primary N) is 4. The fraction of sp³-hybridized carbons (Fsp3) is 0.231. The van der Waals surface area contributed by atoms with Gasteiger partial charge in [-0.2, -0.15) is 0 Å². The molecule has 8 aromatic rings. The fourth-order valence-corrected chi connectivity index (χ4v) is 13.2. The number of nitrogens with zero attached hydrogens (tertiary/aromatic N) is 8. The van der Waals surface area contributed by atoms with Crippen molar-refractivity contribution in [3.8, 4) is 0 Å². The van der Waals surface area contributed by atoms with Crippen molar-refractivity contribution >= 4 is 106 Å². The van der Waals surface area contributed by atoms with Crippen LogP contribution in [-0.2, 0) is 150 Å². The molecule has 552 valence electrons. The quantitative estimate of drug-likeness (QED) is 0.0550. The van der Waals surface area contributed by atoms with E-state index in [1.54, 1.807) is 97.1 Å². The maximum Gasteiger partial charge on any atom is 2.00 e. The van der Waals surface area contributed by atoms with Gasteiger partial charge in [-0.3, -0.25) is 39.2 Å². The van der Waals surface area contributed by atoms with Gasteiger partial charge < -0.3 is 129 Å². The molecular weight excluding hydrogens is 1590 g/mol. The Morgan fingerprint density at radius 1 is 0.224 bits per heavy atom. The van der Waals surface area contributed by atoms with Gasteiger partial charge in [-0.1, -0.05) is 97.1 Å². The smallest absolute Gasteiger partial charge is 0.744 e. The van der Waals surface area contributed by atoms with Crippen molar-refractivity contribution in [3.05, 3.63) is 146 Å². The molecule has 0 aromatic heterocycles. The number of benzene rings is 8. The van der Waals surface area contributed by atoms with E-state index in [9.17, 15) is 51.9 Å². The van der Waals surface area contributed by atoms with Crippen LogP contribution in [-0.4, -0.2) is 204 Å². The molecule has 46 heteroatoms. The molecule has 8 heterocycles. The van der Waals surface area contributed by atoms with Gasteiger partial charge in [-0.05, 0) is 48.5 Å². The molecule has 8 aliphatic rings. The van der Waals surface area contributed by atoms with Gasteiger partial charge in [0.05, 0.1) is 99.6 Å². The molecule has 0 spiro atoms. The van der Waals surface area contributed by atoms with Crippen LogP contribution >= 0.6 is 0 Å². The summed E-state index contributed by atoms with van der Waals surface area (Å²) < 4.78 is 132. The Morgan fingerprint density at radius 3 is 0.449 bits per heavy atom. The zero-order chi connectivity index (χ0) is 57.3. The molecule has 0 unspecified atom stereocenters. The molecule has 8 saturated heterocycles. The maximum atomic E-state index is 11.0. The van der Waals surface area contributed by atoms with Gasteiger partial charge in [0.1, 0.15) is 40.5 Å². The Labute approximate surface area is 603 Å². The second kappa shape index (κ2) is 46.9. The molecular formula is C52H98Cd2N12O28S4+10. The number of hydrogen-bond acceptors (Lipinski definition) is 24. The first-order valence-corrected chi connectivity index (χ1v) is 30.1. The SMILES string of the molecule is C1N2CN3CN1CN(C2)C3.C1N2CN3CN1CN(C2)C3.Nc1ccc(S(=O)(=O)[O-])c2ccccc12.Nc1ccc(S(=O)(=O)[O-])c2ccccc12.Nc1ccc(S(=O)(=O)[O-])c2ccccc12.Nc1ccc(S(=O)(=O)[O-])c2ccccc12.O.O.O.O.O.O.[Cd+2].[Cd+2].[OH3+].[OH3+].[OH3+].[OH3+].[OH3+].[OH3+].[OH3+].[OH3+].[OH3+].[OH3+]. The van der Waals surface area contributed by atoms with Gasteiger partial charge in [0.25, 0.3) is 0 Å². The number of rotatable bonds is 4. The first kappa shape index (κ1) is 114. The van der Waals surface area contributed by atoms with E-state index in [0.717, 1.165) is 0 Å². The summed E-state index contributed by atoms with van der Waals surface area (Å²) in [6.07, 6.45) is 0. The second-order valence-corrected chi connectivity index (χ2v) is 25.1. The average Bonchev–Trinajstić information content (AvgIpc) is 0.843. The number of hydrogen-bond donors (Lipinski definition) is 4. The summed E-state index contributed by atoms with van der Waals surface area (Å²) in [4.78, 5) is 18.8. The van der Waals surface area contributed by atoms with Crippen molar-refractivity contribution in [1.82, 2.24) is 39.2 Å². The van der Waals surface area contributed by atoms with E-state index in [1.807, 2.05) is 0 Å². The number of nitrogen functional groups attached to an aromatic ring is 4. The van der Waals surface area contributed by atoms with E-state index >= 15 is 0 Å². The molecule has 40 nitrogen and oxygen atoms in total. The van der Waals surface area contributed by atoms with Crippen LogP contribution in [0.2, 0.25) is 0 Å². The Balaban J connectivity index is -0.000000115. The standard InChI is InChI=1S/4C10H9NO3S.2C6H12N4.2Cd.16H2O/c4*11-9-5-6-10(15(12,13)14)8-4-2-1-3-7(8)9;2*1-7-2-9-4-8(1)5-10(3-7)6-9;;;;;;;;;;;;;;;;;;/h4*1-6H,11H2,(H,12,13,14);2*1-6H2;;;16*1H2/q;;;;;;2*+2;;;;;;;;;;;;;;;;/p+6. The third-order valence-corrected chi connectivity index (χ3v) is 17.1. The van der Waals surface area contributed by atoms with Crippen LogP contribution in [0.25, 0.3) is 43.1 Å². The van der Waals surface area contributed by atoms with E-state index in [2.05, 4.69) is 39.2 Å². The summed E-state index contributed by atoms with van der Waals surface area (Å²) in [5.41, 5.74) is 24.5. The Kier molecular flexibility index (Phi) is 54.4. The minimum absolute atomic E-state index is 0. The summed E-state index contributed by atoms with van der Waals surface area (Å²) in [6, 6.07) is 37.2. The third kappa shape index (κ3) is 27.5. The molecule has 50 N–H and O–H groups in total. The zero-order valence-corrected chi connectivity index (χ0v) is 64.3. The second-order valence-electron chi connectivity index (χ2n) is 19.7. The summed E-state index contributed by atoms with van der Waals surface area (Å²) in [6.45, 7) is 14.2. The van der Waals surface area contributed by atoms with Crippen molar-refractivity contribution < 1.29 is 194 Å². The largest absolute Gasteiger partial charge is 2.00 e. The molecule has 8 aliphatic heterocycles. The van der Waals surface area contributed by atoms with Crippen LogP contribution in [0.15, 0.2) is 165 Å². The monoisotopic (exact) mass is 1690 g/mol. The summed E-state index contributed by atoms with van der Waals surface area (Å²) >= 11 is 0. The Bertz CT molecular complexity index is 3540. The molecule has 8 aromatic carbocycles. The predicted octanol–water partition coefficient (Wildman–Crippen LogP) is -10.9. The van der Waals surface area contributed by atoms with E-state index in [-0.39, 0.29) is 162 Å². The molecule has 0 aliphatic carbocycles. The van der Waals surface area contributed by atoms with E-state index in [0.29, 0.717) is 65.8 Å². The minimum atomic E-state index is -4.45. The van der Waals surface area contributed by atoms with Crippen LogP contribution in [0.5, 0.6) is 0 Å². The number of anilines is 4. The van der Waals surface area contributed by atoms with Crippen LogP contribution < -0.4 is 22.9 Å². The van der Waals surface area contributed by atoms with Crippen molar-refractivity contribution in [1.29, 1.82) is 0 Å². The zero-order valence-electron chi connectivity index (χ0n) is 52.9. The summed E-state index contributed by atoms with van der Waals surface area (Å²) in [5.74, 6) is 0. The molecule has 0 radical (unpaired) electrons. The van der Waals surface area contributed by atoms with Crippen LogP contribution in [0.4, 0.5) is 22.7 Å². The molecule has 8 fully saturated rings. The predicted molar refractivity (Wildman–Crippen MR) is 369 cm³/mol. The van der Waals surface area contributed by atoms with Crippen molar-refractivity contribution in [2.45, 2.75) is 19.6 Å². The molecule has 16 rings (SSSR count). The maximum absolute atomic E-state index is 11.0. The third-order valence-electron chi connectivity index (χ3n) is 13.5. The number of fused-ring (bicyclic) bond motifs is 4. The fourth-order valence-electron chi connectivity index (χ4n) is 10.5. The topological polar surface area (TPSA) is 878 Å². The molecule has 98 heavy (non-hydrogen) atoms. The van der Waals surface area contributed by atoms with Crippen molar-refractivity contribution in [2.24, 2.45) is 0 Å². The van der Waals surface area contributed by atoms with E-state index in [1.165, 1.54) is 129 Å². The van der Waals surface area contributed by atoms with E-state index in [4.69, 9.17) is 22.9 Å². The van der Waals surface area contributed by atoms with Crippen LogP contribution in [0.1, 0.15) is 0 Å². The molecule has 0 atom stereocenters. The molecule has 8 bridgehead atoms. The van der Waals surface area contributed by atoms with Crippen LogP contribution in [0.3, 0.4) is 0 Å². The van der Waals surface area contributed by atoms with Gasteiger partial charge in [-0.25, -0.2) is 33.7 Å². The molecule has 0 amide bonds. The van der Waals surface area contributed by atoms with Gasteiger partial charge in [0.2, 0.25) is 0 Å². The minimum Gasteiger partial charge on any atom is -0.744 e. The average molecular weight is 1690 g/mol. The normalized spacial score (nSPS) is 19.0. The van der Waals surface area contributed by atoms with Gasteiger partial charge in [-0.15, -0.1) is 0 Å². The van der Waals surface area contributed by atoms with Crippen molar-refractivity contribution in [3.63, 3.8) is 0 Å². The van der Waals surface area contributed by atoms with Gasteiger partial charge in [0.15, 0.2) is 0 Å². The first-order valence-electron chi connectivity index (χ1n) is 24.5. The van der Waals surface area contributed by atoms with Crippen LogP contribution in [0, 0.1) is 0 Å². The Hall–Kier alpha value is -5.48. The van der Waals surface area contributed by atoms with E-state index < -0.39 is 40.5 Å². The summed E-state index contributed by atoms with van der Waals surface area (Å²) in [7, 11) is -17.8. The molecule has 0 saturated carbocycles. The summed E-state index contributed by atoms with van der Waals surface area (Å²) in [5, 5.41) is 3.78. The first-order chi connectivity index (χ1) is 37.8. The Morgan fingerprint density at radius 2 is 0.337 bits per heavy atom. The van der Waals surface area contributed by atoms with Gasteiger partial charge >= 0.3 is 54.6 Å². The van der Waals surface area contributed by atoms with Crippen molar-refractivity contribution in [2.75, 3.05) is 103 Å². The van der Waals surface area contributed by atoms with Gasteiger partial charge in [0, 0.05) is 65.8 Å².